The summed E-state index contributed by atoms with van der Waals surface area (Å²) in [5.41, 5.74) is 0. The number of hydrogen-bond donors (Lipinski definition) is 2. The molecule has 10 nitrogen and oxygen atoms in total. The van der Waals surface area contributed by atoms with Gasteiger partial charge in [0.2, 0.25) is 0 Å². The van der Waals surface area contributed by atoms with Crippen molar-refractivity contribution < 1.29 is 83.7 Å². The van der Waals surface area contributed by atoms with E-state index in [0.717, 1.165) is 0 Å². The molecule has 0 unspecified atom stereocenters. The van der Waals surface area contributed by atoms with Crippen LogP contribution in [-0.4, -0.2) is 88.1 Å². The van der Waals surface area contributed by atoms with E-state index in [2.05, 4.69) is 0 Å². The summed E-state index contributed by atoms with van der Waals surface area (Å²) in [6.07, 6.45) is 0. The van der Waals surface area contributed by atoms with Gasteiger partial charge in [-0.05, 0) is 0 Å². The Morgan fingerprint density at radius 1 is 0.714 bits per heavy atom. The first-order valence-corrected chi connectivity index (χ1v) is 2.10. The van der Waals surface area contributed by atoms with E-state index in [9.17, 15) is 0 Å². The molecule has 0 aliphatic heterocycles. The van der Waals surface area contributed by atoms with Gasteiger partial charge in [-0.15, -0.1) is 0 Å². The fourth-order valence-electron chi connectivity index (χ4n) is 0. The fourth-order valence-corrected chi connectivity index (χ4v) is 0. The summed E-state index contributed by atoms with van der Waals surface area (Å²) in [6.45, 7) is 0. The summed E-state index contributed by atoms with van der Waals surface area (Å²) in [4.78, 5) is 0. The predicted molar refractivity (Wildman–Crippen MR) is 31.5 cm³/mol. The first-order chi connectivity index (χ1) is 2.00. The molecule has 0 aliphatic carbocycles. The maximum Gasteiger partial charge on any atom is 2.00 e. The molecule has 0 atom stereocenters. The van der Waals surface area contributed by atoms with E-state index in [0.29, 0.717) is 0 Å². The Morgan fingerprint density at radius 3 is 0.714 bits per heavy atom. The first-order valence-electron chi connectivity index (χ1n) is 0.698. The zero-order chi connectivity index (χ0) is 4.50. The molecule has 0 saturated heterocycles. The molecule has 0 aromatic carbocycles. The van der Waals surface area contributed by atoms with E-state index in [4.69, 9.17) is 17.5 Å². The minimum Gasteiger partial charge on any atom is -0.870 e. The van der Waals surface area contributed by atoms with E-state index >= 15 is 0 Å². The zero-order valence-electron chi connectivity index (χ0n) is 6.16. The second-order valence-corrected chi connectivity index (χ2v) is 1.34. The maximum atomic E-state index is 8.74. The summed E-state index contributed by atoms with van der Waals surface area (Å²) >= 11 is 0. The molecule has 0 heterocycles. The van der Waals surface area contributed by atoms with Gasteiger partial charge >= 0.3 is 81.4 Å². The van der Waals surface area contributed by atoms with Crippen LogP contribution in [0, 0.1) is 0 Å². The molecule has 0 rings (SSSR count). The van der Waals surface area contributed by atoms with Crippen molar-refractivity contribution in [3.05, 3.63) is 0 Å². The molecule has 0 spiro atoms. The van der Waals surface area contributed by atoms with Gasteiger partial charge in [-0.25, -0.2) is 0 Å². The second-order valence-electron chi connectivity index (χ2n) is 0.448. The molecule has 0 amide bonds. The van der Waals surface area contributed by atoms with Crippen LogP contribution in [0.25, 0.3) is 0 Å². The van der Waals surface area contributed by atoms with E-state index in [-0.39, 0.29) is 104 Å². The van der Waals surface area contributed by atoms with Gasteiger partial charge in [0.15, 0.2) is 0 Å². The van der Waals surface area contributed by atoms with Gasteiger partial charge < -0.3 is 32.9 Å². The Kier molecular flexibility index (Phi) is 335. The zero-order valence-corrected chi connectivity index (χ0v) is 11.2. The Labute approximate surface area is 130 Å². The fraction of sp³-hybridized carbons (Fsp3) is 0. The molecule has 0 aliphatic rings. The van der Waals surface area contributed by atoms with Crippen LogP contribution in [-0.2, 0) is 43.7 Å². The summed E-state index contributed by atoms with van der Waals surface area (Å²) in [6, 6.07) is 0. The van der Waals surface area contributed by atoms with Gasteiger partial charge in [0.1, 0.15) is 0 Å². The number of hydrogen-bond acceptors (Lipinski definition) is 8. The summed E-state index contributed by atoms with van der Waals surface area (Å²) < 4.78 is 31.6. The van der Waals surface area contributed by atoms with Crippen molar-refractivity contribution in [2.75, 3.05) is 0 Å². The Hall–Kier alpha value is 1.89. The molecule has 8 N–H and O–H groups in total. The first kappa shape index (κ1) is 102. The predicted octanol–water partition coefficient (Wildman–Crippen LogP) is -2.10. The van der Waals surface area contributed by atoms with Gasteiger partial charge in [-0.3, -0.25) is 9.11 Å². The average Bonchev–Trinajstić information content (AvgIpc) is 0.722. The van der Waals surface area contributed by atoms with Crippen molar-refractivity contribution in [1.82, 2.24) is 0 Å². The molecule has 95 valence electrons. The summed E-state index contributed by atoms with van der Waals surface area (Å²) in [7, 11) is -4.67. The van der Waals surface area contributed by atoms with Crippen LogP contribution >= 0.6 is 0 Å². The van der Waals surface area contributed by atoms with Gasteiger partial charge in [0.05, 0.1) is 0 Å². The Bertz CT molecular complexity index is 103. The molecule has 0 saturated carbocycles. The normalized spacial score (nSPS) is 4.14. The summed E-state index contributed by atoms with van der Waals surface area (Å²) in [5.74, 6) is 0. The molecule has 1 radical (unpaired) electrons. The second kappa shape index (κ2) is 46.1. The van der Waals surface area contributed by atoms with Gasteiger partial charge in [0, 0.05) is 0 Å². The van der Waals surface area contributed by atoms with Crippen LogP contribution < -0.4 is 0 Å². The molecular weight excluding hydrogens is 350 g/mol. The Balaban J connectivity index is -0.00000000222. The van der Waals surface area contributed by atoms with E-state index in [1.165, 1.54) is 0 Å². The van der Waals surface area contributed by atoms with Crippen LogP contribution in [0.3, 0.4) is 0 Å². The third-order valence-electron chi connectivity index (χ3n) is 0. The average molecular weight is 358 g/mol. The van der Waals surface area contributed by atoms with Crippen molar-refractivity contribution >= 4 is 48.1 Å². The van der Waals surface area contributed by atoms with Crippen molar-refractivity contribution in [3.8, 4) is 0 Å². The van der Waals surface area contributed by atoms with E-state index < -0.39 is 10.4 Å². The quantitative estimate of drug-likeness (QED) is 0.352. The van der Waals surface area contributed by atoms with E-state index in [1.54, 1.807) is 0 Å². The van der Waals surface area contributed by atoms with Crippen LogP contribution in [0.1, 0.15) is 0 Å². The molecule has 14 heavy (non-hydrogen) atoms. The van der Waals surface area contributed by atoms with Crippen LogP contribution in [0.2, 0.25) is 0 Å². The molecule has 14 heteroatoms. The molecular formula is H8CaCoNiO10S. The van der Waals surface area contributed by atoms with Gasteiger partial charge in [0.25, 0.3) is 0 Å². The molecule has 0 aromatic heterocycles. The molecule has 0 aromatic rings. The standard InChI is InChI=1S/Ca.Co.Ni.H2O4S.6H2O/c;;;1-5(2,3)4;;;;;;/h;;;(H2,1,2,3,4);6*1H2/q3*+2;;;;;;;/p-6. The molecule has 0 fully saturated rings. The monoisotopic (exact) mass is 357 g/mol. The van der Waals surface area contributed by atoms with Crippen LogP contribution in [0.5, 0.6) is 0 Å². The third-order valence-corrected chi connectivity index (χ3v) is 0. The minimum atomic E-state index is -4.67. The number of rotatable bonds is 0. The van der Waals surface area contributed by atoms with Gasteiger partial charge in [-0.2, -0.15) is 8.42 Å². The topological polar surface area (TPSA) is 255 Å². The smallest absolute Gasteiger partial charge is 0.870 e. The molecule has 0 bridgehead atoms. The van der Waals surface area contributed by atoms with Crippen molar-refractivity contribution in [2.24, 2.45) is 0 Å². The Morgan fingerprint density at radius 2 is 0.714 bits per heavy atom. The minimum absolute atomic E-state index is 0. The SMILES string of the molecule is O=S(=O)(O)O.[Ca+2].[Co+2].[Ni+2].[OH-].[OH-].[OH-].[OH-].[OH-].[OH-]. The largest absolute Gasteiger partial charge is 2.00 e. The van der Waals surface area contributed by atoms with Crippen molar-refractivity contribution in [1.29, 1.82) is 0 Å². The van der Waals surface area contributed by atoms with Crippen LogP contribution in [0.15, 0.2) is 0 Å². The van der Waals surface area contributed by atoms with Gasteiger partial charge in [-0.1, -0.05) is 0 Å². The van der Waals surface area contributed by atoms with Crippen LogP contribution in [0.4, 0.5) is 0 Å². The van der Waals surface area contributed by atoms with Crippen molar-refractivity contribution in [3.63, 3.8) is 0 Å². The summed E-state index contributed by atoms with van der Waals surface area (Å²) in [5, 5.41) is 0. The van der Waals surface area contributed by atoms with Crippen molar-refractivity contribution in [2.45, 2.75) is 0 Å². The maximum absolute atomic E-state index is 8.74. The van der Waals surface area contributed by atoms with E-state index in [1.807, 2.05) is 0 Å². The third kappa shape index (κ3) is 646.